The van der Waals surface area contributed by atoms with Crippen LogP contribution in [0.3, 0.4) is 0 Å². The molecule has 3 aromatic carbocycles. The summed E-state index contributed by atoms with van der Waals surface area (Å²) in [6.07, 6.45) is -0.569. The van der Waals surface area contributed by atoms with Gasteiger partial charge in [0.1, 0.15) is 13.2 Å². The zero-order valence-electron chi connectivity index (χ0n) is 19.8. The molecule has 0 aliphatic carbocycles. The van der Waals surface area contributed by atoms with Gasteiger partial charge in [-0.25, -0.2) is 0 Å². The first kappa shape index (κ1) is 24.2. The van der Waals surface area contributed by atoms with E-state index in [0.29, 0.717) is 16.8 Å². The monoisotopic (exact) mass is 471 g/mol. The van der Waals surface area contributed by atoms with Gasteiger partial charge in [-0.1, -0.05) is 71.9 Å². The Balaban J connectivity index is 1.49. The summed E-state index contributed by atoms with van der Waals surface area (Å²) < 4.78 is 0. The van der Waals surface area contributed by atoms with Gasteiger partial charge in [0.15, 0.2) is 0 Å². The van der Waals surface area contributed by atoms with Crippen LogP contribution in [0.2, 0.25) is 0 Å². The highest BCUT2D eigenvalue weighted by Gasteiger charge is 2.38. The molecule has 0 aromatic heterocycles. The number of aliphatic hydroxyl groups excluding tert-OH is 1. The van der Waals surface area contributed by atoms with Crippen LogP contribution in [0.4, 0.5) is 0 Å². The number of nitrogens with zero attached hydrogens (tertiary/aromatic N) is 2. The molecule has 0 spiro atoms. The number of rotatable bonds is 7. The molecule has 7 nitrogen and oxygen atoms in total. The molecule has 7 heteroatoms. The number of hydrogen-bond acceptors (Lipinski definition) is 5. The number of carbonyl (C=O) groups is 2. The molecular formula is C28H29N3O4. The molecule has 2 amide bonds. The van der Waals surface area contributed by atoms with Gasteiger partial charge in [0, 0.05) is 18.5 Å². The van der Waals surface area contributed by atoms with Gasteiger partial charge in [0.25, 0.3) is 5.91 Å². The maximum Gasteiger partial charge on any atom is 0.254 e. The van der Waals surface area contributed by atoms with Gasteiger partial charge >= 0.3 is 0 Å². The molecule has 1 aliphatic heterocycles. The van der Waals surface area contributed by atoms with Gasteiger partial charge in [0.2, 0.25) is 5.91 Å². The topological polar surface area (TPSA) is 91.2 Å². The number of nitrogens with one attached hydrogen (secondary N) is 1. The number of hydrogen-bond donors (Lipinski definition) is 2. The van der Waals surface area contributed by atoms with Crippen molar-refractivity contribution in [2.24, 2.45) is 5.16 Å². The summed E-state index contributed by atoms with van der Waals surface area (Å²) in [5.41, 5.74) is 5.09. The van der Waals surface area contributed by atoms with Crippen molar-refractivity contribution in [1.82, 2.24) is 10.2 Å². The molecule has 0 saturated carbocycles. The SMILES string of the molecule is CON=C1CC(C(=O)NC[C@@H](O)c2ccccc2)N(C(=O)c2ccc(-c3ccccc3C)cc2)C1. The van der Waals surface area contributed by atoms with Crippen LogP contribution < -0.4 is 5.32 Å². The molecule has 4 rings (SSSR count). The number of benzene rings is 3. The number of aliphatic hydroxyl groups is 1. The van der Waals surface area contributed by atoms with Crippen molar-refractivity contribution < 1.29 is 19.5 Å². The Hall–Kier alpha value is -3.97. The highest BCUT2D eigenvalue weighted by molar-refractivity contribution is 6.05. The molecule has 1 saturated heterocycles. The molecule has 1 heterocycles. The van der Waals surface area contributed by atoms with Crippen molar-refractivity contribution in [2.75, 3.05) is 20.2 Å². The molecule has 1 fully saturated rings. The summed E-state index contributed by atoms with van der Waals surface area (Å²) in [6, 6.07) is 23.8. The Morgan fingerprint density at radius 1 is 1.06 bits per heavy atom. The largest absolute Gasteiger partial charge is 0.399 e. The fourth-order valence-electron chi connectivity index (χ4n) is 4.31. The van der Waals surface area contributed by atoms with Crippen LogP contribution in [-0.2, 0) is 9.63 Å². The highest BCUT2D eigenvalue weighted by Crippen LogP contribution is 2.25. The smallest absolute Gasteiger partial charge is 0.254 e. The lowest BCUT2D eigenvalue weighted by Crippen LogP contribution is -2.46. The van der Waals surface area contributed by atoms with Crippen LogP contribution in [0.5, 0.6) is 0 Å². The van der Waals surface area contributed by atoms with Crippen LogP contribution in [0.25, 0.3) is 11.1 Å². The van der Waals surface area contributed by atoms with Crippen molar-refractivity contribution in [1.29, 1.82) is 0 Å². The van der Waals surface area contributed by atoms with E-state index in [2.05, 4.69) is 10.5 Å². The number of likely N-dealkylation sites (tertiary alicyclic amines) is 1. The van der Waals surface area contributed by atoms with E-state index in [-0.39, 0.29) is 31.3 Å². The van der Waals surface area contributed by atoms with Crippen LogP contribution >= 0.6 is 0 Å². The van der Waals surface area contributed by atoms with E-state index in [1.807, 2.05) is 61.5 Å². The van der Waals surface area contributed by atoms with Crippen molar-refractivity contribution in [2.45, 2.75) is 25.5 Å². The summed E-state index contributed by atoms with van der Waals surface area (Å²) in [6.45, 7) is 2.29. The summed E-state index contributed by atoms with van der Waals surface area (Å²) in [5.74, 6) is -0.599. The fraction of sp³-hybridized carbons (Fsp3) is 0.250. The Labute approximate surface area is 205 Å². The summed E-state index contributed by atoms with van der Waals surface area (Å²) in [4.78, 5) is 32.8. The molecule has 35 heavy (non-hydrogen) atoms. The average Bonchev–Trinajstić information content (AvgIpc) is 3.32. The first-order chi connectivity index (χ1) is 17.0. The first-order valence-electron chi connectivity index (χ1n) is 11.5. The first-order valence-corrected chi connectivity index (χ1v) is 11.5. The second-order valence-corrected chi connectivity index (χ2v) is 8.56. The zero-order chi connectivity index (χ0) is 24.8. The normalized spacial score (nSPS) is 17.3. The maximum absolute atomic E-state index is 13.4. The van der Waals surface area contributed by atoms with Gasteiger partial charge in [-0.2, -0.15) is 0 Å². The number of aryl methyl sites for hydroxylation is 1. The molecule has 1 aliphatic rings. The third kappa shape index (κ3) is 5.58. The molecule has 180 valence electrons. The quantitative estimate of drug-likeness (QED) is 0.514. The third-order valence-electron chi connectivity index (χ3n) is 6.18. The van der Waals surface area contributed by atoms with Crippen LogP contribution in [0, 0.1) is 6.92 Å². The van der Waals surface area contributed by atoms with E-state index in [4.69, 9.17) is 4.84 Å². The predicted molar refractivity (Wildman–Crippen MR) is 135 cm³/mol. The summed E-state index contributed by atoms with van der Waals surface area (Å²) in [5, 5.41) is 17.2. The van der Waals surface area contributed by atoms with E-state index in [1.165, 1.54) is 12.0 Å². The van der Waals surface area contributed by atoms with Gasteiger partial charge in [-0.15, -0.1) is 0 Å². The Morgan fingerprint density at radius 2 is 1.74 bits per heavy atom. The second-order valence-electron chi connectivity index (χ2n) is 8.56. The maximum atomic E-state index is 13.4. The Morgan fingerprint density at radius 3 is 2.43 bits per heavy atom. The summed E-state index contributed by atoms with van der Waals surface area (Å²) >= 11 is 0. The lowest BCUT2D eigenvalue weighted by Gasteiger charge is -2.24. The van der Waals surface area contributed by atoms with Crippen LogP contribution in [0.1, 0.15) is 34.0 Å². The molecule has 1 unspecified atom stereocenters. The molecule has 2 N–H and O–H groups in total. The standard InChI is InChI=1S/C28H29N3O4/c1-19-8-6-7-11-24(19)20-12-14-22(15-13-20)28(34)31-18-23(30-35-2)16-25(31)27(33)29-17-26(32)21-9-4-3-5-10-21/h3-15,25-26,32H,16-18H2,1-2H3,(H,29,33)/t25?,26-/m1/s1. The van der Waals surface area contributed by atoms with E-state index in [0.717, 1.165) is 16.7 Å². The third-order valence-corrected chi connectivity index (χ3v) is 6.18. The number of carbonyl (C=O) groups excluding carboxylic acids is 2. The average molecular weight is 472 g/mol. The lowest BCUT2D eigenvalue weighted by atomic mass is 9.99. The Bertz CT molecular complexity index is 1210. The van der Waals surface area contributed by atoms with Gasteiger partial charge < -0.3 is 20.2 Å². The van der Waals surface area contributed by atoms with E-state index < -0.39 is 12.1 Å². The van der Waals surface area contributed by atoms with Gasteiger partial charge in [0.05, 0.1) is 18.4 Å². The highest BCUT2D eigenvalue weighted by atomic mass is 16.6. The van der Waals surface area contributed by atoms with E-state index in [9.17, 15) is 14.7 Å². The molecular weight excluding hydrogens is 442 g/mol. The van der Waals surface area contributed by atoms with Crippen LogP contribution in [0.15, 0.2) is 84.0 Å². The molecule has 2 atom stereocenters. The van der Waals surface area contributed by atoms with Crippen molar-refractivity contribution in [3.05, 3.63) is 95.6 Å². The van der Waals surface area contributed by atoms with Crippen molar-refractivity contribution in [3.63, 3.8) is 0 Å². The number of oxime groups is 1. The van der Waals surface area contributed by atoms with Gasteiger partial charge in [-0.3, -0.25) is 9.59 Å². The van der Waals surface area contributed by atoms with Crippen LogP contribution in [-0.4, -0.2) is 53.8 Å². The summed E-state index contributed by atoms with van der Waals surface area (Å²) in [7, 11) is 1.44. The Kier molecular flexibility index (Phi) is 7.57. The number of amides is 2. The van der Waals surface area contributed by atoms with E-state index in [1.54, 1.807) is 24.3 Å². The van der Waals surface area contributed by atoms with Gasteiger partial charge in [-0.05, 0) is 41.3 Å². The van der Waals surface area contributed by atoms with Crippen molar-refractivity contribution >= 4 is 17.5 Å². The lowest BCUT2D eigenvalue weighted by molar-refractivity contribution is -0.125. The molecule has 0 radical (unpaired) electrons. The fourth-order valence-corrected chi connectivity index (χ4v) is 4.31. The minimum Gasteiger partial charge on any atom is -0.399 e. The second kappa shape index (κ2) is 11.0. The predicted octanol–water partition coefficient (Wildman–Crippen LogP) is 3.73. The van der Waals surface area contributed by atoms with E-state index >= 15 is 0 Å². The molecule has 3 aromatic rings. The minimum absolute atomic E-state index is 0.0449. The zero-order valence-corrected chi connectivity index (χ0v) is 19.8. The molecule has 0 bridgehead atoms. The van der Waals surface area contributed by atoms with Crippen molar-refractivity contribution in [3.8, 4) is 11.1 Å². The minimum atomic E-state index is -0.841.